The molecule has 84 valence electrons. The minimum absolute atomic E-state index is 0.526. The van der Waals surface area contributed by atoms with Gasteiger partial charge in [-0.25, -0.2) is 0 Å². The molecule has 1 rings (SSSR count). The quantitative estimate of drug-likeness (QED) is 0.696. The lowest BCUT2D eigenvalue weighted by molar-refractivity contribution is -0.0153. The van der Waals surface area contributed by atoms with E-state index in [-0.39, 0.29) is 0 Å². The summed E-state index contributed by atoms with van der Waals surface area (Å²) in [7, 11) is 0. The molecule has 0 radical (unpaired) electrons. The zero-order chi connectivity index (χ0) is 10.6. The highest BCUT2D eigenvalue weighted by Crippen LogP contribution is 2.32. The van der Waals surface area contributed by atoms with Crippen LogP contribution in [0, 0.1) is 11.8 Å². The number of halogens is 1. The third-order valence-electron chi connectivity index (χ3n) is 3.11. The van der Waals surface area contributed by atoms with Crippen molar-refractivity contribution in [2.45, 2.75) is 57.4 Å². The zero-order valence-corrected chi connectivity index (χ0v) is 11.2. The van der Waals surface area contributed by atoms with Crippen molar-refractivity contribution in [2.75, 3.05) is 6.61 Å². The fourth-order valence-electron chi connectivity index (χ4n) is 2.27. The average Bonchev–Trinajstić information content (AvgIpc) is 2.17. The maximum absolute atomic E-state index is 5.76. The molecule has 1 nitrogen and oxygen atoms in total. The molecule has 1 aliphatic rings. The van der Waals surface area contributed by atoms with Crippen molar-refractivity contribution in [1.82, 2.24) is 0 Å². The third-order valence-corrected chi connectivity index (χ3v) is 4.91. The molecule has 0 aromatic carbocycles. The molecular weight excluding hydrogens is 240 g/mol. The summed E-state index contributed by atoms with van der Waals surface area (Å²) in [5, 5.41) is 0. The molecule has 0 aliphatic carbocycles. The maximum atomic E-state index is 5.76. The summed E-state index contributed by atoms with van der Waals surface area (Å²) in [6.45, 7) is 7.79. The number of hydrogen-bond donors (Lipinski definition) is 0. The molecule has 3 atom stereocenters. The summed E-state index contributed by atoms with van der Waals surface area (Å²) in [6, 6.07) is 0. The van der Waals surface area contributed by atoms with Gasteiger partial charge in [0.05, 0.1) is 6.10 Å². The molecule has 0 bridgehead atoms. The summed E-state index contributed by atoms with van der Waals surface area (Å²) in [5.41, 5.74) is 0. The van der Waals surface area contributed by atoms with Gasteiger partial charge in [-0.3, -0.25) is 0 Å². The number of hydrogen-bond acceptors (Lipinski definition) is 1. The van der Waals surface area contributed by atoms with Crippen LogP contribution in [0.1, 0.15) is 46.5 Å². The van der Waals surface area contributed by atoms with Gasteiger partial charge >= 0.3 is 0 Å². The van der Waals surface area contributed by atoms with Crippen LogP contribution in [0.4, 0.5) is 0 Å². The largest absolute Gasteiger partial charge is 0.378 e. The molecule has 1 saturated heterocycles. The van der Waals surface area contributed by atoms with Gasteiger partial charge in [-0.15, -0.1) is 0 Å². The Morgan fingerprint density at radius 2 is 2.14 bits per heavy atom. The van der Waals surface area contributed by atoms with E-state index in [4.69, 9.17) is 4.74 Å². The van der Waals surface area contributed by atoms with E-state index in [9.17, 15) is 0 Å². The van der Waals surface area contributed by atoms with Gasteiger partial charge in [0.25, 0.3) is 0 Å². The minimum atomic E-state index is 0.526. The smallest absolute Gasteiger partial charge is 0.0578 e. The van der Waals surface area contributed by atoms with E-state index in [1.807, 2.05) is 0 Å². The van der Waals surface area contributed by atoms with Gasteiger partial charge in [-0.1, -0.05) is 43.1 Å². The average molecular weight is 263 g/mol. The topological polar surface area (TPSA) is 9.23 Å². The van der Waals surface area contributed by atoms with E-state index >= 15 is 0 Å². The molecular formula is C12H23BrO. The van der Waals surface area contributed by atoms with E-state index in [0.29, 0.717) is 10.9 Å². The highest BCUT2D eigenvalue weighted by atomic mass is 79.9. The molecule has 0 aromatic heterocycles. The van der Waals surface area contributed by atoms with E-state index in [1.165, 1.54) is 25.7 Å². The fourth-order valence-corrected chi connectivity index (χ4v) is 2.75. The van der Waals surface area contributed by atoms with Crippen molar-refractivity contribution in [3.05, 3.63) is 0 Å². The van der Waals surface area contributed by atoms with Gasteiger partial charge < -0.3 is 4.74 Å². The van der Waals surface area contributed by atoms with Crippen LogP contribution < -0.4 is 0 Å². The fraction of sp³-hybridized carbons (Fsp3) is 1.00. The van der Waals surface area contributed by atoms with Crippen LogP contribution in [0.3, 0.4) is 0 Å². The van der Waals surface area contributed by atoms with Crippen molar-refractivity contribution in [3.63, 3.8) is 0 Å². The number of alkyl halides is 1. The molecule has 0 spiro atoms. The van der Waals surface area contributed by atoms with E-state index in [0.717, 1.165) is 18.4 Å². The van der Waals surface area contributed by atoms with E-state index < -0.39 is 0 Å². The summed E-state index contributed by atoms with van der Waals surface area (Å²) < 4.78 is 5.76. The Balaban J connectivity index is 2.39. The SMILES string of the molecule is CCCC1CC(C(Br)C(C)C)CCO1. The second-order valence-corrected chi connectivity index (χ2v) is 5.81. The molecule has 0 N–H and O–H groups in total. The van der Waals surface area contributed by atoms with Gasteiger partial charge in [0.15, 0.2) is 0 Å². The Hall–Kier alpha value is 0.440. The van der Waals surface area contributed by atoms with Crippen LogP contribution in [-0.2, 0) is 4.74 Å². The van der Waals surface area contributed by atoms with Crippen LogP contribution in [0.15, 0.2) is 0 Å². The van der Waals surface area contributed by atoms with Gasteiger partial charge in [-0.05, 0) is 31.1 Å². The second kappa shape index (κ2) is 6.12. The van der Waals surface area contributed by atoms with Crippen LogP contribution in [-0.4, -0.2) is 17.5 Å². The van der Waals surface area contributed by atoms with Crippen LogP contribution in [0.5, 0.6) is 0 Å². The molecule has 14 heavy (non-hydrogen) atoms. The first kappa shape index (κ1) is 12.5. The highest BCUT2D eigenvalue weighted by Gasteiger charge is 2.28. The molecule has 1 aliphatic heterocycles. The normalized spacial score (nSPS) is 30.6. The molecule has 1 heterocycles. The Morgan fingerprint density at radius 3 is 2.71 bits per heavy atom. The highest BCUT2D eigenvalue weighted by molar-refractivity contribution is 9.09. The summed E-state index contributed by atoms with van der Waals surface area (Å²) in [5.74, 6) is 1.56. The predicted molar refractivity (Wildman–Crippen MR) is 64.9 cm³/mol. The van der Waals surface area contributed by atoms with Crippen LogP contribution in [0.2, 0.25) is 0 Å². The predicted octanol–water partition coefficient (Wildman–Crippen LogP) is 4.00. The van der Waals surface area contributed by atoms with Crippen molar-refractivity contribution in [3.8, 4) is 0 Å². The molecule has 1 fully saturated rings. The minimum Gasteiger partial charge on any atom is -0.378 e. The Labute approximate surface area is 96.7 Å². The lowest BCUT2D eigenvalue weighted by atomic mass is 9.86. The number of rotatable bonds is 4. The van der Waals surface area contributed by atoms with E-state index in [2.05, 4.69) is 36.7 Å². The van der Waals surface area contributed by atoms with Crippen molar-refractivity contribution in [2.24, 2.45) is 11.8 Å². The Morgan fingerprint density at radius 1 is 1.43 bits per heavy atom. The summed E-state index contributed by atoms with van der Waals surface area (Å²) >= 11 is 3.83. The Kier molecular flexibility index (Phi) is 5.47. The lowest BCUT2D eigenvalue weighted by Gasteiger charge is -2.33. The van der Waals surface area contributed by atoms with Gasteiger partial charge in [0.2, 0.25) is 0 Å². The summed E-state index contributed by atoms with van der Waals surface area (Å²) in [6.07, 6.45) is 5.48. The molecule has 0 amide bonds. The van der Waals surface area contributed by atoms with Gasteiger partial charge in [-0.2, -0.15) is 0 Å². The first-order valence-corrected chi connectivity index (χ1v) is 6.82. The second-order valence-electron chi connectivity index (χ2n) is 4.75. The molecule has 3 unspecified atom stereocenters. The number of ether oxygens (including phenoxy) is 1. The van der Waals surface area contributed by atoms with Crippen LogP contribution in [0.25, 0.3) is 0 Å². The van der Waals surface area contributed by atoms with Gasteiger partial charge in [0, 0.05) is 11.4 Å². The van der Waals surface area contributed by atoms with Crippen molar-refractivity contribution >= 4 is 15.9 Å². The molecule has 2 heteroatoms. The van der Waals surface area contributed by atoms with Crippen LogP contribution >= 0.6 is 15.9 Å². The van der Waals surface area contributed by atoms with E-state index in [1.54, 1.807) is 0 Å². The first-order valence-electron chi connectivity index (χ1n) is 5.90. The lowest BCUT2D eigenvalue weighted by Crippen LogP contribution is -2.32. The molecule has 0 aromatic rings. The van der Waals surface area contributed by atoms with Crippen molar-refractivity contribution < 1.29 is 4.74 Å². The maximum Gasteiger partial charge on any atom is 0.0578 e. The monoisotopic (exact) mass is 262 g/mol. The first-order chi connectivity index (χ1) is 6.65. The Bertz CT molecular complexity index is 156. The zero-order valence-electron chi connectivity index (χ0n) is 9.63. The van der Waals surface area contributed by atoms with Crippen molar-refractivity contribution in [1.29, 1.82) is 0 Å². The third kappa shape index (κ3) is 3.54. The standard InChI is InChI=1S/C12H23BrO/c1-4-5-11-8-10(6-7-14-11)12(13)9(2)3/h9-12H,4-8H2,1-3H3. The molecule has 0 saturated carbocycles. The van der Waals surface area contributed by atoms with Gasteiger partial charge in [0.1, 0.15) is 0 Å². The summed E-state index contributed by atoms with van der Waals surface area (Å²) in [4.78, 5) is 0.672.